The van der Waals surface area contributed by atoms with Crippen LogP contribution in [-0.4, -0.2) is 62.7 Å². The fourth-order valence-electron chi connectivity index (χ4n) is 3.41. The molecule has 1 unspecified atom stereocenters. The van der Waals surface area contributed by atoms with Crippen molar-refractivity contribution in [2.75, 3.05) is 55.4 Å². The number of carbonyl (C=O) groups is 2. The van der Waals surface area contributed by atoms with Crippen molar-refractivity contribution >= 4 is 28.9 Å². The number of carbonyl (C=O) groups excluding carboxylic acids is 2. The highest BCUT2D eigenvalue weighted by Gasteiger charge is 2.20. The SMILES string of the molecule is CCc1ccc(NC(=O)C(C)N(C)CC(=O)Nc2ccc(N3CCOCC3)cc2)cc1. The van der Waals surface area contributed by atoms with Crippen LogP contribution in [0, 0.1) is 0 Å². The number of rotatable bonds is 8. The third-order valence-electron chi connectivity index (χ3n) is 5.59. The molecule has 0 saturated carbocycles. The van der Waals surface area contributed by atoms with Crippen molar-refractivity contribution in [1.29, 1.82) is 0 Å². The van der Waals surface area contributed by atoms with Gasteiger partial charge < -0.3 is 20.3 Å². The molecule has 1 fully saturated rings. The lowest BCUT2D eigenvalue weighted by atomic mass is 10.1. The van der Waals surface area contributed by atoms with Crippen LogP contribution in [-0.2, 0) is 20.7 Å². The highest BCUT2D eigenvalue weighted by molar-refractivity contribution is 5.96. The molecule has 7 heteroatoms. The van der Waals surface area contributed by atoms with E-state index in [9.17, 15) is 9.59 Å². The molecule has 2 N–H and O–H groups in total. The number of aryl methyl sites for hydroxylation is 1. The highest BCUT2D eigenvalue weighted by Crippen LogP contribution is 2.19. The number of anilines is 3. The molecule has 1 saturated heterocycles. The summed E-state index contributed by atoms with van der Waals surface area (Å²) in [6.07, 6.45) is 0.957. The summed E-state index contributed by atoms with van der Waals surface area (Å²) in [5.74, 6) is -0.303. The van der Waals surface area contributed by atoms with E-state index in [0.29, 0.717) is 0 Å². The van der Waals surface area contributed by atoms with Crippen LogP contribution >= 0.6 is 0 Å². The summed E-state index contributed by atoms with van der Waals surface area (Å²) < 4.78 is 5.38. The van der Waals surface area contributed by atoms with Gasteiger partial charge in [0.15, 0.2) is 0 Å². The van der Waals surface area contributed by atoms with Crippen molar-refractivity contribution in [3.8, 4) is 0 Å². The van der Waals surface area contributed by atoms with Gasteiger partial charge in [-0.05, 0) is 62.4 Å². The van der Waals surface area contributed by atoms with Crippen molar-refractivity contribution in [3.05, 3.63) is 54.1 Å². The Kier molecular flexibility index (Phi) is 8.03. The lowest BCUT2D eigenvalue weighted by molar-refractivity contribution is -0.122. The highest BCUT2D eigenvalue weighted by atomic mass is 16.5. The molecule has 1 aliphatic heterocycles. The summed E-state index contributed by atoms with van der Waals surface area (Å²) in [6.45, 7) is 7.22. The van der Waals surface area contributed by atoms with Crippen molar-refractivity contribution in [2.24, 2.45) is 0 Å². The van der Waals surface area contributed by atoms with Gasteiger partial charge in [-0.3, -0.25) is 14.5 Å². The zero-order chi connectivity index (χ0) is 22.2. The van der Waals surface area contributed by atoms with Crippen LogP contribution in [0.1, 0.15) is 19.4 Å². The first-order chi connectivity index (χ1) is 15.0. The molecule has 1 atom stereocenters. The Morgan fingerprint density at radius 3 is 2.19 bits per heavy atom. The number of benzene rings is 2. The predicted octanol–water partition coefficient (Wildman–Crippen LogP) is 2.98. The van der Waals surface area contributed by atoms with E-state index in [1.165, 1.54) is 5.56 Å². The molecule has 0 radical (unpaired) electrons. The number of amides is 2. The first kappa shape index (κ1) is 22.8. The molecule has 166 valence electrons. The minimum atomic E-state index is -0.444. The zero-order valence-corrected chi connectivity index (χ0v) is 18.6. The van der Waals surface area contributed by atoms with Gasteiger partial charge in [-0.1, -0.05) is 19.1 Å². The number of likely N-dealkylation sites (N-methyl/N-ethyl adjacent to an activating group) is 1. The number of hydrogen-bond acceptors (Lipinski definition) is 5. The molecular weight excluding hydrogens is 392 g/mol. The van der Waals surface area contributed by atoms with E-state index in [1.54, 1.807) is 18.9 Å². The maximum atomic E-state index is 12.5. The fourth-order valence-corrected chi connectivity index (χ4v) is 3.41. The smallest absolute Gasteiger partial charge is 0.241 e. The van der Waals surface area contributed by atoms with Crippen LogP contribution < -0.4 is 15.5 Å². The van der Waals surface area contributed by atoms with E-state index in [-0.39, 0.29) is 18.4 Å². The maximum Gasteiger partial charge on any atom is 0.241 e. The number of nitrogens with one attached hydrogen (secondary N) is 2. The second-order valence-corrected chi connectivity index (χ2v) is 7.83. The number of nitrogens with zero attached hydrogens (tertiary/aromatic N) is 2. The summed E-state index contributed by atoms with van der Waals surface area (Å²) in [5.41, 5.74) is 3.84. The summed E-state index contributed by atoms with van der Waals surface area (Å²) in [5, 5.41) is 5.81. The Morgan fingerprint density at radius 1 is 1.00 bits per heavy atom. The largest absolute Gasteiger partial charge is 0.378 e. The quantitative estimate of drug-likeness (QED) is 0.682. The van der Waals surface area contributed by atoms with Gasteiger partial charge in [-0.15, -0.1) is 0 Å². The van der Waals surface area contributed by atoms with Crippen molar-refractivity contribution in [3.63, 3.8) is 0 Å². The molecule has 2 aromatic rings. The van der Waals surface area contributed by atoms with E-state index in [1.807, 2.05) is 48.5 Å². The summed E-state index contributed by atoms with van der Waals surface area (Å²) in [6, 6.07) is 15.2. The summed E-state index contributed by atoms with van der Waals surface area (Å²) >= 11 is 0. The van der Waals surface area contributed by atoms with E-state index in [0.717, 1.165) is 49.8 Å². The predicted molar refractivity (Wildman–Crippen MR) is 125 cm³/mol. The minimum absolute atomic E-state index is 0.120. The normalized spacial score (nSPS) is 14.9. The molecule has 3 rings (SSSR count). The zero-order valence-electron chi connectivity index (χ0n) is 18.6. The average molecular weight is 425 g/mol. The van der Waals surface area contributed by atoms with Crippen LogP contribution in [0.5, 0.6) is 0 Å². The standard InChI is InChI=1S/C24H32N4O3/c1-4-19-5-7-21(8-6-19)26-24(30)18(2)27(3)17-23(29)25-20-9-11-22(12-10-20)28-13-15-31-16-14-28/h5-12,18H,4,13-17H2,1-3H3,(H,25,29)(H,26,30). The maximum absolute atomic E-state index is 12.5. The van der Waals surface area contributed by atoms with Gasteiger partial charge in [0.25, 0.3) is 0 Å². The minimum Gasteiger partial charge on any atom is -0.378 e. The van der Waals surface area contributed by atoms with Crippen molar-refractivity contribution < 1.29 is 14.3 Å². The van der Waals surface area contributed by atoms with Crippen LogP contribution in [0.25, 0.3) is 0 Å². The van der Waals surface area contributed by atoms with E-state index >= 15 is 0 Å². The first-order valence-corrected chi connectivity index (χ1v) is 10.8. The van der Waals surface area contributed by atoms with Gasteiger partial charge in [-0.25, -0.2) is 0 Å². The molecule has 2 amide bonds. The Hall–Kier alpha value is -2.90. The number of morpholine rings is 1. The molecule has 0 aromatic heterocycles. The Bertz CT molecular complexity index is 861. The second-order valence-electron chi connectivity index (χ2n) is 7.83. The van der Waals surface area contributed by atoms with Gasteiger partial charge in [0.1, 0.15) is 0 Å². The molecule has 0 spiro atoms. The van der Waals surface area contributed by atoms with Gasteiger partial charge in [0.05, 0.1) is 25.8 Å². The van der Waals surface area contributed by atoms with Gasteiger partial charge in [0, 0.05) is 30.2 Å². The molecule has 0 aliphatic carbocycles. The van der Waals surface area contributed by atoms with E-state index in [4.69, 9.17) is 4.74 Å². The summed E-state index contributed by atoms with van der Waals surface area (Å²) in [4.78, 5) is 29.0. The topological polar surface area (TPSA) is 73.9 Å². The lowest BCUT2D eigenvalue weighted by Gasteiger charge is -2.29. The fraction of sp³-hybridized carbons (Fsp3) is 0.417. The third kappa shape index (κ3) is 6.54. The first-order valence-electron chi connectivity index (χ1n) is 10.8. The molecule has 1 aliphatic rings. The summed E-state index contributed by atoms with van der Waals surface area (Å²) in [7, 11) is 1.77. The second kappa shape index (κ2) is 10.9. The van der Waals surface area contributed by atoms with E-state index in [2.05, 4.69) is 22.5 Å². The van der Waals surface area contributed by atoms with Gasteiger partial charge in [-0.2, -0.15) is 0 Å². The average Bonchev–Trinajstić information content (AvgIpc) is 2.80. The van der Waals surface area contributed by atoms with Crippen molar-refractivity contribution in [2.45, 2.75) is 26.3 Å². The Labute approximate surface area is 184 Å². The molecule has 2 aromatic carbocycles. The lowest BCUT2D eigenvalue weighted by Crippen LogP contribution is -2.43. The van der Waals surface area contributed by atoms with Crippen LogP contribution in [0.15, 0.2) is 48.5 Å². The third-order valence-corrected chi connectivity index (χ3v) is 5.59. The molecular formula is C24H32N4O3. The molecule has 0 bridgehead atoms. The number of hydrogen-bond donors (Lipinski definition) is 2. The van der Waals surface area contributed by atoms with Gasteiger partial charge >= 0.3 is 0 Å². The monoisotopic (exact) mass is 424 g/mol. The van der Waals surface area contributed by atoms with Gasteiger partial charge in [0.2, 0.25) is 11.8 Å². The molecule has 7 nitrogen and oxygen atoms in total. The van der Waals surface area contributed by atoms with Crippen LogP contribution in [0.2, 0.25) is 0 Å². The Morgan fingerprint density at radius 2 is 1.58 bits per heavy atom. The van der Waals surface area contributed by atoms with Crippen molar-refractivity contribution in [1.82, 2.24) is 4.90 Å². The Balaban J connectivity index is 1.47. The molecule has 1 heterocycles. The number of ether oxygens (including phenoxy) is 1. The van der Waals surface area contributed by atoms with Crippen LogP contribution in [0.3, 0.4) is 0 Å². The van der Waals surface area contributed by atoms with Crippen LogP contribution in [0.4, 0.5) is 17.1 Å². The van der Waals surface area contributed by atoms with E-state index < -0.39 is 6.04 Å². The molecule has 31 heavy (non-hydrogen) atoms.